The summed E-state index contributed by atoms with van der Waals surface area (Å²) >= 11 is 0. The second-order valence-corrected chi connectivity index (χ2v) is 5.16. The highest BCUT2D eigenvalue weighted by Gasteiger charge is 2.14. The van der Waals surface area contributed by atoms with Gasteiger partial charge < -0.3 is 9.84 Å². The van der Waals surface area contributed by atoms with Crippen molar-refractivity contribution in [2.45, 2.75) is 38.6 Å². The molecule has 2 aromatic rings. The molecule has 0 radical (unpaired) electrons. The van der Waals surface area contributed by atoms with Crippen molar-refractivity contribution in [3.05, 3.63) is 47.4 Å². The van der Waals surface area contributed by atoms with E-state index in [1.807, 2.05) is 20.0 Å². The van der Waals surface area contributed by atoms with Crippen LogP contribution >= 0.6 is 12.4 Å². The van der Waals surface area contributed by atoms with E-state index in [9.17, 15) is 4.39 Å². The molecule has 0 spiro atoms. The van der Waals surface area contributed by atoms with Crippen molar-refractivity contribution in [1.82, 2.24) is 15.5 Å². The fraction of sp³-hybridized carbons (Fsp3) is 0.467. The van der Waals surface area contributed by atoms with Gasteiger partial charge in [0.2, 0.25) is 5.89 Å². The smallest absolute Gasteiger partial charge is 0.227 e. The maximum absolute atomic E-state index is 13.2. The fourth-order valence-electron chi connectivity index (χ4n) is 2.02. The van der Waals surface area contributed by atoms with E-state index < -0.39 is 0 Å². The topological polar surface area (TPSA) is 51.0 Å². The first-order chi connectivity index (χ1) is 9.58. The van der Waals surface area contributed by atoms with Crippen LogP contribution in [0.1, 0.15) is 37.0 Å². The van der Waals surface area contributed by atoms with E-state index in [1.54, 1.807) is 12.1 Å². The molecule has 1 N–H and O–H groups in total. The van der Waals surface area contributed by atoms with E-state index in [-0.39, 0.29) is 24.1 Å². The zero-order valence-corrected chi connectivity index (χ0v) is 13.3. The Balaban J connectivity index is 0.00000220. The largest absolute Gasteiger partial charge is 0.339 e. The number of likely N-dealkylation sites (N-methyl/N-ethyl adjacent to an activating group) is 1. The number of rotatable bonds is 6. The van der Waals surface area contributed by atoms with Gasteiger partial charge in [-0.1, -0.05) is 24.2 Å². The third kappa shape index (κ3) is 5.10. The molecule has 4 nitrogen and oxygen atoms in total. The van der Waals surface area contributed by atoms with Gasteiger partial charge in [0.1, 0.15) is 5.82 Å². The molecule has 0 bridgehead atoms. The Morgan fingerprint density at radius 2 is 2.05 bits per heavy atom. The summed E-state index contributed by atoms with van der Waals surface area (Å²) in [4.78, 5) is 4.37. The van der Waals surface area contributed by atoms with Crippen molar-refractivity contribution in [2.75, 3.05) is 7.05 Å². The average molecular weight is 314 g/mol. The Labute approximate surface area is 130 Å². The lowest BCUT2D eigenvalue weighted by molar-refractivity contribution is 0.365. The highest BCUT2D eigenvalue weighted by atomic mass is 35.5. The molecule has 116 valence electrons. The van der Waals surface area contributed by atoms with Crippen molar-refractivity contribution in [1.29, 1.82) is 0 Å². The first-order valence-electron chi connectivity index (χ1n) is 6.82. The number of halogens is 2. The molecule has 0 aliphatic heterocycles. The van der Waals surface area contributed by atoms with Gasteiger partial charge >= 0.3 is 0 Å². The summed E-state index contributed by atoms with van der Waals surface area (Å²) in [6.07, 6.45) is 1.35. The van der Waals surface area contributed by atoms with Crippen LogP contribution < -0.4 is 5.32 Å². The highest BCUT2D eigenvalue weighted by Crippen LogP contribution is 2.20. The molecule has 1 aromatic heterocycles. The Morgan fingerprint density at radius 1 is 1.29 bits per heavy atom. The average Bonchev–Trinajstić information content (AvgIpc) is 2.85. The van der Waals surface area contributed by atoms with E-state index in [0.717, 1.165) is 12.0 Å². The van der Waals surface area contributed by atoms with Gasteiger partial charge in [-0.05, 0) is 37.6 Å². The SMILES string of the molecule is CNC(C)Cc1noc(CC(C)c2cccc(F)c2)n1.Cl. The zero-order chi connectivity index (χ0) is 14.5. The molecule has 1 aromatic carbocycles. The van der Waals surface area contributed by atoms with Gasteiger partial charge in [-0.15, -0.1) is 12.4 Å². The predicted molar refractivity (Wildman–Crippen MR) is 82.3 cm³/mol. The third-order valence-electron chi connectivity index (χ3n) is 3.39. The molecule has 0 amide bonds. The maximum atomic E-state index is 13.2. The number of benzene rings is 1. The van der Waals surface area contributed by atoms with Crippen LogP contribution in [0.5, 0.6) is 0 Å². The fourth-order valence-corrected chi connectivity index (χ4v) is 2.02. The van der Waals surface area contributed by atoms with Crippen LogP contribution in [-0.4, -0.2) is 23.2 Å². The van der Waals surface area contributed by atoms with E-state index in [2.05, 4.69) is 22.4 Å². The van der Waals surface area contributed by atoms with E-state index in [1.165, 1.54) is 6.07 Å². The van der Waals surface area contributed by atoms with Crippen LogP contribution in [0, 0.1) is 5.82 Å². The molecule has 0 saturated heterocycles. The van der Waals surface area contributed by atoms with Gasteiger partial charge in [-0.25, -0.2) is 4.39 Å². The van der Waals surface area contributed by atoms with Crippen molar-refractivity contribution in [3.63, 3.8) is 0 Å². The minimum absolute atomic E-state index is 0. The van der Waals surface area contributed by atoms with Crippen LogP contribution in [0.15, 0.2) is 28.8 Å². The van der Waals surface area contributed by atoms with Gasteiger partial charge in [-0.2, -0.15) is 4.98 Å². The molecular formula is C15H21ClFN3O. The summed E-state index contributed by atoms with van der Waals surface area (Å²) in [6.45, 7) is 4.08. The predicted octanol–water partition coefficient (Wildman–Crippen LogP) is 3.13. The number of nitrogens with zero attached hydrogens (tertiary/aromatic N) is 2. The van der Waals surface area contributed by atoms with Gasteiger partial charge in [0.05, 0.1) is 0 Å². The summed E-state index contributed by atoms with van der Waals surface area (Å²) in [5.74, 6) is 1.22. The maximum Gasteiger partial charge on any atom is 0.227 e. The minimum atomic E-state index is -0.219. The summed E-state index contributed by atoms with van der Waals surface area (Å²) in [5, 5.41) is 7.10. The first kappa shape index (κ1) is 17.6. The number of aromatic nitrogens is 2. The lowest BCUT2D eigenvalue weighted by Crippen LogP contribution is -2.24. The molecule has 0 saturated carbocycles. The number of hydrogen-bond acceptors (Lipinski definition) is 4. The molecule has 21 heavy (non-hydrogen) atoms. The second-order valence-electron chi connectivity index (χ2n) is 5.16. The molecule has 0 fully saturated rings. The third-order valence-corrected chi connectivity index (χ3v) is 3.39. The Kier molecular flexibility index (Phi) is 6.78. The van der Waals surface area contributed by atoms with Crippen LogP contribution in [-0.2, 0) is 12.8 Å². The van der Waals surface area contributed by atoms with E-state index in [0.29, 0.717) is 24.2 Å². The molecule has 6 heteroatoms. The van der Waals surface area contributed by atoms with Crippen LogP contribution in [0.3, 0.4) is 0 Å². The first-order valence-corrected chi connectivity index (χ1v) is 6.82. The highest BCUT2D eigenvalue weighted by molar-refractivity contribution is 5.85. The van der Waals surface area contributed by atoms with Gasteiger partial charge in [0, 0.05) is 18.9 Å². The Bertz CT molecular complexity index is 561. The summed E-state index contributed by atoms with van der Waals surface area (Å²) in [6, 6.07) is 6.93. The molecule has 0 aliphatic carbocycles. The standard InChI is InChI=1S/C15H20FN3O.ClH/c1-10(12-5-4-6-13(16)9-12)7-15-18-14(19-20-15)8-11(2)17-3;/h4-6,9-11,17H,7-8H2,1-3H3;1H. The molecule has 2 unspecified atom stereocenters. The summed E-state index contributed by atoms with van der Waals surface area (Å²) in [5.41, 5.74) is 0.938. The Hall–Kier alpha value is -1.46. The van der Waals surface area contributed by atoms with Gasteiger partial charge in [-0.3, -0.25) is 0 Å². The van der Waals surface area contributed by atoms with E-state index >= 15 is 0 Å². The van der Waals surface area contributed by atoms with Crippen molar-refractivity contribution in [3.8, 4) is 0 Å². The Morgan fingerprint density at radius 3 is 2.71 bits per heavy atom. The molecule has 0 aliphatic rings. The van der Waals surface area contributed by atoms with Crippen molar-refractivity contribution in [2.24, 2.45) is 0 Å². The number of nitrogens with one attached hydrogen (secondary N) is 1. The monoisotopic (exact) mass is 313 g/mol. The molecular weight excluding hydrogens is 293 g/mol. The van der Waals surface area contributed by atoms with Crippen LogP contribution in [0.4, 0.5) is 4.39 Å². The summed E-state index contributed by atoms with van der Waals surface area (Å²) in [7, 11) is 1.90. The zero-order valence-electron chi connectivity index (χ0n) is 12.5. The van der Waals surface area contributed by atoms with E-state index in [4.69, 9.17) is 4.52 Å². The van der Waals surface area contributed by atoms with Crippen molar-refractivity contribution < 1.29 is 8.91 Å². The number of hydrogen-bond donors (Lipinski definition) is 1. The van der Waals surface area contributed by atoms with Crippen LogP contribution in [0.25, 0.3) is 0 Å². The van der Waals surface area contributed by atoms with Gasteiger partial charge in [0.25, 0.3) is 0 Å². The summed E-state index contributed by atoms with van der Waals surface area (Å²) < 4.78 is 18.4. The normalized spacial score (nSPS) is 13.5. The molecule has 1 heterocycles. The quantitative estimate of drug-likeness (QED) is 0.890. The van der Waals surface area contributed by atoms with Crippen molar-refractivity contribution >= 4 is 12.4 Å². The van der Waals surface area contributed by atoms with Gasteiger partial charge in [0.15, 0.2) is 5.82 Å². The second kappa shape index (κ2) is 8.10. The molecule has 2 rings (SSSR count). The minimum Gasteiger partial charge on any atom is -0.339 e. The lowest BCUT2D eigenvalue weighted by Gasteiger charge is -2.08. The van der Waals surface area contributed by atoms with Crippen LogP contribution in [0.2, 0.25) is 0 Å². The molecule has 2 atom stereocenters. The lowest BCUT2D eigenvalue weighted by atomic mass is 9.98.